The maximum atomic E-state index is 13.9. The first kappa shape index (κ1) is 22.9. The van der Waals surface area contributed by atoms with Gasteiger partial charge < -0.3 is 0 Å². The van der Waals surface area contributed by atoms with Gasteiger partial charge in [-0.25, -0.2) is 0 Å². The highest BCUT2D eigenvalue weighted by Crippen LogP contribution is 2.41. The number of hydrogen-bond acceptors (Lipinski definition) is 3. The number of piperidine rings is 1. The molecule has 0 aliphatic carbocycles. The molecule has 0 radical (unpaired) electrons. The fourth-order valence-corrected chi connectivity index (χ4v) is 5.37. The number of likely N-dealkylation sites (tertiary alicyclic amines) is 1. The minimum atomic E-state index is -0.324. The monoisotopic (exact) mass is 459 g/mol. The fourth-order valence-electron chi connectivity index (χ4n) is 5.37. The van der Waals surface area contributed by atoms with Crippen LogP contribution in [0.4, 0.5) is 0 Å². The number of carbonyl (C=O) groups is 2. The molecule has 0 spiro atoms. The zero-order valence-electron chi connectivity index (χ0n) is 19.7. The van der Waals surface area contributed by atoms with Gasteiger partial charge in [0.15, 0.2) is 11.6 Å². The molecule has 4 aromatic carbocycles. The van der Waals surface area contributed by atoms with E-state index in [1.54, 1.807) is 0 Å². The Morgan fingerprint density at radius 3 is 1.43 bits per heavy atom. The number of rotatable bonds is 7. The van der Waals surface area contributed by atoms with Gasteiger partial charge in [-0.15, -0.1) is 0 Å². The standard InChI is InChI=1S/C32H29NO2/c34-31(26-17-9-3-10-18-26)28-22-33(21-24-13-5-1-6-14-24)23-29(30(28)25-15-7-2-8-16-25)32(35)27-19-11-4-12-20-27/h1-20,28-30H,21-23H2/t28-,29+,30?. The van der Waals surface area contributed by atoms with Gasteiger partial charge in [0.1, 0.15) is 0 Å². The number of carbonyl (C=O) groups excluding carboxylic acids is 2. The predicted molar refractivity (Wildman–Crippen MR) is 139 cm³/mol. The Morgan fingerprint density at radius 2 is 0.971 bits per heavy atom. The van der Waals surface area contributed by atoms with Crippen molar-refractivity contribution in [1.82, 2.24) is 4.90 Å². The van der Waals surface area contributed by atoms with Gasteiger partial charge in [-0.3, -0.25) is 14.5 Å². The van der Waals surface area contributed by atoms with E-state index in [2.05, 4.69) is 29.2 Å². The van der Waals surface area contributed by atoms with Crippen molar-refractivity contribution in [3.8, 4) is 0 Å². The fraction of sp³-hybridized carbons (Fsp3) is 0.188. The van der Waals surface area contributed by atoms with Crippen LogP contribution in [-0.2, 0) is 6.54 Å². The molecule has 5 rings (SSSR count). The molecule has 3 heteroatoms. The van der Waals surface area contributed by atoms with Crippen LogP contribution in [0.2, 0.25) is 0 Å². The smallest absolute Gasteiger partial charge is 0.167 e. The van der Waals surface area contributed by atoms with E-state index in [0.717, 1.165) is 5.56 Å². The van der Waals surface area contributed by atoms with Crippen LogP contribution < -0.4 is 0 Å². The van der Waals surface area contributed by atoms with E-state index in [4.69, 9.17) is 0 Å². The maximum absolute atomic E-state index is 13.9. The quantitative estimate of drug-likeness (QED) is 0.305. The highest BCUT2D eigenvalue weighted by molar-refractivity contribution is 6.02. The average Bonchev–Trinajstić information content (AvgIpc) is 2.94. The highest BCUT2D eigenvalue weighted by Gasteiger charge is 2.44. The molecular formula is C32H29NO2. The van der Waals surface area contributed by atoms with Crippen LogP contribution >= 0.6 is 0 Å². The molecule has 1 unspecified atom stereocenters. The van der Waals surface area contributed by atoms with Crippen LogP contribution in [0.5, 0.6) is 0 Å². The van der Waals surface area contributed by atoms with Crippen molar-refractivity contribution in [3.63, 3.8) is 0 Å². The Kier molecular flexibility index (Phi) is 6.97. The summed E-state index contributed by atoms with van der Waals surface area (Å²) >= 11 is 0. The lowest BCUT2D eigenvalue weighted by Gasteiger charge is -2.43. The van der Waals surface area contributed by atoms with Crippen LogP contribution in [0.15, 0.2) is 121 Å². The molecule has 3 nitrogen and oxygen atoms in total. The van der Waals surface area contributed by atoms with Crippen LogP contribution in [0.3, 0.4) is 0 Å². The minimum absolute atomic E-state index is 0.100. The SMILES string of the molecule is O=C(c1ccccc1)[C@H]1CN(Cc2ccccc2)C[C@@H](C(=O)c2ccccc2)C1c1ccccc1. The lowest BCUT2D eigenvalue weighted by atomic mass is 9.68. The van der Waals surface area contributed by atoms with Crippen molar-refractivity contribution in [3.05, 3.63) is 144 Å². The number of nitrogens with zero attached hydrogens (tertiary/aromatic N) is 1. The third kappa shape index (κ3) is 5.16. The number of benzene rings is 4. The van der Waals surface area contributed by atoms with E-state index in [1.165, 1.54) is 5.56 Å². The van der Waals surface area contributed by atoms with E-state index in [-0.39, 0.29) is 29.3 Å². The highest BCUT2D eigenvalue weighted by atomic mass is 16.1. The first-order valence-corrected chi connectivity index (χ1v) is 12.2. The second kappa shape index (κ2) is 10.6. The molecule has 1 aliphatic heterocycles. The molecule has 0 N–H and O–H groups in total. The summed E-state index contributed by atoms with van der Waals surface area (Å²) in [4.78, 5) is 30.2. The molecule has 35 heavy (non-hydrogen) atoms. The predicted octanol–water partition coefficient (Wildman–Crippen LogP) is 6.28. The van der Waals surface area contributed by atoms with Gasteiger partial charge in [0.2, 0.25) is 0 Å². The molecule has 1 saturated heterocycles. The van der Waals surface area contributed by atoms with Crippen molar-refractivity contribution in [2.45, 2.75) is 12.5 Å². The molecule has 0 amide bonds. The second-order valence-electron chi connectivity index (χ2n) is 9.29. The Morgan fingerprint density at radius 1 is 0.571 bits per heavy atom. The summed E-state index contributed by atoms with van der Waals surface area (Å²) in [6.45, 7) is 1.93. The van der Waals surface area contributed by atoms with Crippen molar-refractivity contribution in [2.24, 2.45) is 11.8 Å². The van der Waals surface area contributed by atoms with Crippen LogP contribution in [0.25, 0.3) is 0 Å². The van der Waals surface area contributed by atoms with Gasteiger partial charge in [-0.2, -0.15) is 0 Å². The topological polar surface area (TPSA) is 37.4 Å². The molecule has 0 aromatic heterocycles. The van der Waals surface area contributed by atoms with Crippen molar-refractivity contribution in [1.29, 1.82) is 0 Å². The van der Waals surface area contributed by atoms with Crippen LogP contribution in [0, 0.1) is 11.8 Å². The Balaban J connectivity index is 1.57. The molecular weight excluding hydrogens is 430 g/mol. The first-order chi connectivity index (χ1) is 17.2. The zero-order valence-corrected chi connectivity index (χ0v) is 19.7. The van der Waals surface area contributed by atoms with Gasteiger partial charge >= 0.3 is 0 Å². The number of ketones is 2. The van der Waals surface area contributed by atoms with Gasteiger partial charge in [0.25, 0.3) is 0 Å². The molecule has 3 atom stereocenters. The Bertz CT molecular complexity index is 1190. The molecule has 4 aromatic rings. The molecule has 0 bridgehead atoms. The molecule has 0 saturated carbocycles. The summed E-state index contributed by atoms with van der Waals surface area (Å²) < 4.78 is 0. The minimum Gasteiger partial charge on any atom is -0.298 e. The maximum Gasteiger partial charge on any atom is 0.167 e. The van der Waals surface area contributed by atoms with Crippen LogP contribution in [0.1, 0.15) is 37.8 Å². The van der Waals surface area contributed by atoms with E-state index < -0.39 is 0 Å². The summed E-state index contributed by atoms with van der Waals surface area (Å²) in [5.74, 6) is -0.639. The van der Waals surface area contributed by atoms with E-state index in [1.807, 2.05) is 97.1 Å². The summed E-state index contributed by atoms with van der Waals surface area (Å²) in [6.07, 6.45) is 0. The van der Waals surface area contributed by atoms with Gasteiger partial charge in [0, 0.05) is 48.5 Å². The lowest BCUT2D eigenvalue weighted by molar-refractivity contribution is 0.0555. The molecule has 174 valence electrons. The summed E-state index contributed by atoms with van der Waals surface area (Å²) in [5.41, 5.74) is 3.63. The first-order valence-electron chi connectivity index (χ1n) is 12.2. The van der Waals surface area contributed by atoms with Gasteiger partial charge in [0.05, 0.1) is 0 Å². The Hall–Kier alpha value is -3.82. The molecule has 1 heterocycles. The van der Waals surface area contributed by atoms with Crippen molar-refractivity contribution >= 4 is 11.6 Å². The number of hydrogen-bond donors (Lipinski definition) is 0. The number of Topliss-reactive ketones (excluding diaryl/α,β-unsaturated/α-hetero) is 2. The third-order valence-corrected chi connectivity index (χ3v) is 7.00. The van der Waals surface area contributed by atoms with Crippen molar-refractivity contribution < 1.29 is 9.59 Å². The third-order valence-electron chi connectivity index (χ3n) is 7.00. The average molecular weight is 460 g/mol. The largest absolute Gasteiger partial charge is 0.298 e. The van der Waals surface area contributed by atoms with E-state index in [0.29, 0.717) is 30.8 Å². The lowest BCUT2D eigenvalue weighted by Crippen LogP contribution is -2.50. The molecule has 1 aliphatic rings. The van der Waals surface area contributed by atoms with E-state index in [9.17, 15) is 9.59 Å². The van der Waals surface area contributed by atoms with E-state index >= 15 is 0 Å². The normalized spacial score (nSPS) is 20.3. The molecule has 1 fully saturated rings. The van der Waals surface area contributed by atoms with Crippen molar-refractivity contribution in [2.75, 3.05) is 13.1 Å². The zero-order chi connectivity index (χ0) is 24.0. The summed E-state index contributed by atoms with van der Waals surface area (Å²) in [6, 6.07) is 39.4. The van der Waals surface area contributed by atoms with Gasteiger partial charge in [-0.1, -0.05) is 121 Å². The summed E-state index contributed by atoms with van der Waals surface area (Å²) in [5, 5.41) is 0. The van der Waals surface area contributed by atoms with Crippen LogP contribution in [-0.4, -0.2) is 29.6 Å². The summed E-state index contributed by atoms with van der Waals surface area (Å²) in [7, 11) is 0. The second-order valence-corrected chi connectivity index (χ2v) is 9.29. The van der Waals surface area contributed by atoms with Gasteiger partial charge in [-0.05, 0) is 11.1 Å². The Labute approximate surface area is 207 Å².